The third-order valence-electron chi connectivity index (χ3n) is 3.28. The third-order valence-corrected chi connectivity index (χ3v) is 4.14. The first-order chi connectivity index (χ1) is 12.0. The van der Waals surface area contributed by atoms with Gasteiger partial charge in [0.25, 0.3) is 5.91 Å². The summed E-state index contributed by atoms with van der Waals surface area (Å²) >= 11 is 0. The second kappa shape index (κ2) is 7.77. The predicted molar refractivity (Wildman–Crippen MR) is 89.3 cm³/mol. The Morgan fingerprint density at radius 2 is 1.69 bits per heavy atom. The average Bonchev–Trinajstić information content (AvgIpc) is 2.51. The molecule has 0 aliphatic carbocycles. The van der Waals surface area contributed by atoms with Gasteiger partial charge in [-0.05, 0) is 23.8 Å². The summed E-state index contributed by atoms with van der Waals surface area (Å²) in [6.45, 7) is -0.157. The van der Waals surface area contributed by atoms with Gasteiger partial charge in [0.1, 0.15) is 5.75 Å². The molecule has 0 aliphatic heterocycles. The molecule has 2 aromatic carbocycles. The molecule has 0 fully saturated rings. The van der Waals surface area contributed by atoms with Crippen LogP contribution in [0.1, 0.15) is 21.5 Å². The highest BCUT2D eigenvalue weighted by Gasteiger charge is 2.31. The molecule has 2 rings (SSSR count). The van der Waals surface area contributed by atoms with E-state index in [0.717, 1.165) is 12.3 Å². The number of nitrogens with one attached hydrogen (secondary N) is 1. The molecule has 9 heteroatoms. The quantitative estimate of drug-likeness (QED) is 0.827. The first kappa shape index (κ1) is 19.8. The van der Waals surface area contributed by atoms with Gasteiger partial charge in [0.2, 0.25) is 0 Å². The molecular formula is C17H16F3NO4S. The lowest BCUT2D eigenvalue weighted by molar-refractivity contribution is -0.274. The highest BCUT2D eigenvalue weighted by atomic mass is 32.2. The topological polar surface area (TPSA) is 72.5 Å². The Morgan fingerprint density at radius 1 is 1.08 bits per heavy atom. The lowest BCUT2D eigenvalue weighted by atomic mass is 10.1. The molecule has 0 saturated carbocycles. The van der Waals surface area contributed by atoms with Crippen LogP contribution in [0.5, 0.6) is 5.75 Å². The van der Waals surface area contributed by atoms with E-state index in [2.05, 4.69) is 10.1 Å². The zero-order valence-electron chi connectivity index (χ0n) is 13.7. The summed E-state index contributed by atoms with van der Waals surface area (Å²) in [4.78, 5) is 12.1. The Balaban J connectivity index is 2.03. The zero-order valence-corrected chi connectivity index (χ0v) is 14.5. The summed E-state index contributed by atoms with van der Waals surface area (Å²) in [5, 5.41) is 2.50. The molecule has 2 aromatic rings. The number of sulfone groups is 1. The van der Waals surface area contributed by atoms with E-state index in [0.29, 0.717) is 5.56 Å². The Hall–Kier alpha value is -2.55. The summed E-state index contributed by atoms with van der Waals surface area (Å²) in [6.07, 6.45) is -3.72. The summed E-state index contributed by atoms with van der Waals surface area (Å²) in [7, 11) is -3.18. The van der Waals surface area contributed by atoms with E-state index in [4.69, 9.17) is 0 Å². The highest BCUT2D eigenvalue weighted by Crippen LogP contribution is 2.26. The van der Waals surface area contributed by atoms with Crippen LogP contribution in [-0.2, 0) is 22.1 Å². The number of alkyl halides is 3. The first-order valence-corrected chi connectivity index (χ1v) is 9.48. The second-order valence-corrected chi connectivity index (χ2v) is 7.75. The van der Waals surface area contributed by atoms with Crippen molar-refractivity contribution >= 4 is 15.7 Å². The SMILES string of the molecule is CS(=O)(=O)Cc1ccc(C(=O)NCc2ccccc2OC(F)(F)F)cc1. The van der Waals surface area contributed by atoms with E-state index in [9.17, 15) is 26.4 Å². The normalized spacial score (nSPS) is 11.8. The number of carbonyl (C=O) groups is 1. The van der Waals surface area contributed by atoms with Crippen LogP contribution in [0.4, 0.5) is 13.2 Å². The number of para-hydroxylation sites is 1. The molecule has 140 valence electrons. The fraction of sp³-hybridized carbons (Fsp3) is 0.235. The van der Waals surface area contributed by atoms with Gasteiger partial charge in [0.05, 0.1) is 5.75 Å². The molecular weight excluding hydrogens is 371 g/mol. The molecule has 5 nitrogen and oxygen atoms in total. The first-order valence-electron chi connectivity index (χ1n) is 7.42. The van der Waals surface area contributed by atoms with E-state index in [1.165, 1.54) is 42.5 Å². The Morgan fingerprint density at radius 3 is 2.27 bits per heavy atom. The van der Waals surface area contributed by atoms with Gasteiger partial charge >= 0.3 is 6.36 Å². The van der Waals surface area contributed by atoms with Crippen LogP contribution in [0.25, 0.3) is 0 Å². The number of halogens is 3. The van der Waals surface area contributed by atoms with Crippen LogP contribution in [0.2, 0.25) is 0 Å². The van der Waals surface area contributed by atoms with E-state index in [1.807, 2.05) is 0 Å². The fourth-order valence-corrected chi connectivity index (χ4v) is 3.00. The van der Waals surface area contributed by atoms with Crippen molar-refractivity contribution in [2.45, 2.75) is 18.7 Å². The number of ether oxygens (including phenoxy) is 1. The van der Waals surface area contributed by atoms with Crippen molar-refractivity contribution in [2.24, 2.45) is 0 Å². The number of hydrogen-bond acceptors (Lipinski definition) is 4. The van der Waals surface area contributed by atoms with E-state index in [1.54, 1.807) is 0 Å². The molecule has 0 aliphatic rings. The van der Waals surface area contributed by atoms with Crippen molar-refractivity contribution in [2.75, 3.05) is 6.26 Å². The molecule has 0 radical (unpaired) electrons. The molecule has 0 atom stereocenters. The van der Waals surface area contributed by atoms with E-state index < -0.39 is 22.1 Å². The molecule has 0 unspecified atom stereocenters. The maximum absolute atomic E-state index is 12.4. The van der Waals surface area contributed by atoms with Crippen LogP contribution in [0.3, 0.4) is 0 Å². The van der Waals surface area contributed by atoms with Crippen molar-refractivity contribution in [1.82, 2.24) is 5.32 Å². The lowest BCUT2D eigenvalue weighted by Gasteiger charge is -2.13. The summed E-state index contributed by atoms with van der Waals surface area (Å²) in [6, 6.07) is 11.4. The predicted octanol–water partition coefficient (Wildman–Crippen LogP) is 3.06. The third kappa shape index (κ3) is 6.40. The van der Waals surface area contributed by atoms with E-state index in [-0.39, 0.29) is 29.2 Å². The molecule has 1 amide bonds. The van der Waals surface area contributed by atoms with Crippen LogP contribution in [0, 0.1) is 0 Å². The number of hydrogen-bond donors (Lipinski definition) is 1. The minimum absolute atomic E-state index is 0.142. The van der Waals surface area contributed by atoms with Crippen LogP contribution in [0.15, 0.2) is 48.5 Å². The number of carbonyl (C=O) groups excluding carboxylic acids is 1. The minimum Gasteiger partial charge on any atom is -0.405 e. The fourth-order valence-electron chi connectivity index (χ4n) is 2.21. The molecule has 26 heavy (non-hydrogen) atoms. The van der Waals surface area contributed by atoms with Gasteiger partial charge in [0, 0.05) is 23.9 Å². The van der Waals surface area contributed by atoms with Crippen molar-refractivity contribution in [3.05, 3.63) is 65.2 Å². The maximum Gasteiger partial charge on any atom is 0.573 e. The van der Waals surface area contributed by atoms with Crippen LogP contribution in [-0.4, -0.2) is 26.9 Å². The van der Waals surface area contributed by atoms with Gasteiger partial charge in [0.15, 0.2) is 9.84 Å². The maximum atomic E-state index is 12.4. The lowest BCUT2D eigenvalue weighted by Crippen LogP contribution is -2.24. The van der Waals surface area contributed by atoms with Crippen LogP contribution < -0.4 is 10.1 Å². The summed E-state index contributed by atoms with van der Waals surface area (Å²) in [5.74, 6) is -1.03. The van der Waals surface area contributed by atoms with Crippen molar-refractivity contribution in [3.63, 3.8) is 0 Å². The molecule has 0 heterocycles. The second-order valence-electron chi connectivity index (χ2n) is 5.61. The Kier molecular flexibility index (Phi) is 5.91. The molecule has 1 N–H and O–H groups in total. The van der Waals surface area contributed by atoms with Gasteiger partial charge < -0.3 is 10.1 Å². The largest absolute Gasteiger partial charge is 0.573 e. The zero-order chi connectivity index (χ0) is 19.4. The van der Waals surface area contributed by atoms with Crippen molar-refractivity contribution in [3.8, 4) is 5.75 Å². The average molecular weight is 387 g/mol. The van der Waals surface area contributed by atoms with E-state index >= 15 is 0 Å². The Labute approximate surface area is 148 Å². The summed E-state index contributed by atoms with van der Waals surface area (Å²) in [5.41, 5.74) is 0.969. The highest BCUT2D eigenvalue weighted by molar-refractivity contribution is 7.89. The van der Waals surface area contributed by atoms with Gasteiger partial charge in [-0.15, -0.1) is 13.2 Å². The van der Waals surface area contributed by atoms with Gasteiger partial charge in [-0.25, -0.2) is 8.42 Å². The monoisotopic (exact) mass is 387 g/mol. The van der Waals surface area contributed by atoms with Gasteiger partial charge in [-0.2, -0.15) is 0 Å². The molecule has 0 aromatic heterocycles. The standard InChI is InChI=1S/C17H16F3NO4S/c1-26(23,24)11-12-6-8-13(9-7-12)16(22)21-10-14-4-2-3-5-15(14)25-17(18,19)20/h2-9H,10-11H2,1H3,(H,21,22). The smallest absolute Gasteiger partial charge is 0.405 e. The van der Waals surface area contributed by atoms with Gasteiger partial charge in [-0.1, -0.05) is 30.3 Å². The van der Waals surface area contributed by atoms with Crippen molar-refractivity contribution < 1.29 is 31.1 Å². The number of rotatable bonds is 6. The number of benzene rings is 2. The summed E-state index contributed by atoms with van der Waals surface area (Å²) < 4.78 is 63.6. The molecule has 0 bridgehead atoms. The minimum atomic E-state index is -4.82. The molecule has 0 saturated heterocycles. The van der Waals surface area contributed by atoms with Gasteiger partial charge in [-0.3, -0.25) is 4.79 Å². The molecule has 0 spiro atoms. The van der Waals surface area contributed by atoms with Crippen LogP contribution >= 0.6 is 0 Å². The Bertz CT molecular complexity index is 878. The number of amides is 1. The van der Waals surface area contributed by atoms with Crippen molar-refractivity contribution in [1.29, 1.82) is 0 Å².